The second kappa shape index (κ2) is 10.8. The fraction of sp³-hybridized carbons (Fsp3) is 0.440. The number of amides is 2. The van der Waals surface area contributed by atoms with Gasteiger partial charge in [0.2, 0.25) is 11.8 Å². The summed E-state index contributed by atoms with van der Waals surface area (Å²) in [7, 11) is 0. The smallest absolute Gasteiger partial charge is 0.223 e. The largest absolute Gasteiger partial charge is 0.484 e. The molecule has 1 atom stereocenters. The van der Waals surface area contributed by atoms with Crippen LogP contribution in [0.1, 0.15) is 30.1 Å². The molecular weight excluding hydrogens is 423 g/mol. The van der Waals surface area contributed by atoms with E-state index in [1.807, 2.05) is 35.2 Å². The van der Waals surface area contributed by atoms with Crippen molar-refractivity contribution < 1.29 is 18.7 Å². The number of carbonyl (C=O) groups is 2. The number of ether oxygens (including phenoxy) is 1. The first kappa shape index (κ1) is 23.2. The number of benzene rings is 2. The van der Waals surface area contributed by atoms with Crippen molar-refractivity contribution in [3.05, 3.63) is 65.5 Å². The molecule has 1 unspecified atom stereocenters. The summed E-state index contributed by atoms with van der Waals surface area (Å²) in [6.45, 7) is 5.17. The molecule has 0 aliphatic carbocycles. The molecule has 0 saturated carbocycles. The van der Waals surface area contributed by atoms with Gasteiger partial charge >= 0.3 is 0 Å². The van der Waals surface area contributed by atoms with Crippen molar-refractivity contribution in [2.24, 2.45) is 5.73 Å². The van der Waals surface area contributed by atoms with Crippen LogP contribution in [0.15, 0.2) is 48.5 Å². The molecule has 8 heteroatoms. The number of primary amides is 1. The Labute approximate surface area is 193 Å². The normalized spacial score (nSPS) is 19.4. The van der Waals surface area contributed by atoms with Crippen LogP contribution in [0.5, 0.6) is 5.75 Å². The minimum Gasteiger partial charge on any atom is -0.484 e. The summed E-state index contributed by atoms with van der Waals surface area (Å²) >= 11 is 0. The summed E-state index contributed by atoms with van der Waals surface area (Å²) in [6.07, 6.45) is 0.294. The molecule has 0 aromatic heterocycles. The number of piperazine rings is 1. The number of hydrogen-bond acceptors (Lipinski definition) is 5. The van der Waals surface area contributed by atoms with Crippen molar-refractivity contribution in [1.82, 2.24) is 14.7 Å². The van der Waals surface area contributed by atoms with Gasteiger partial charge in [0.15, 0.2) is 0 Å². The monoisotopic (exact) mass is 454 g/mol. The second-order valence-electron chi connectivity index (χ2n) is 8.66. The number of hydrogen-bond donors (Lipinski definition) is 1. The van der Waals surface area contributed by atoms with E-state index in [1.165, 1.54) is 6.07 Å². The summed E-state index contributed by atoms with van der Waals surface area (Å²) in [5.74, 6) is 0.286. The van der Waals surface area contributed by atoms with Crippen LogP contribution in [0.4, 0.5) is 4.39 Å². The van der Waals surface area contributed by atoms with Gasteiger partial charge in [0.1, 0.15) is 17.7 Å². The van der Waals surface area contributed by atoms with E-state index < -0.39 is 6.10 Å². The number of nitrogens with two attached hydrogens (primary N) is 1. The number of nitrogens with zero attached hydrogens (tertiary/aromatic N) is 3. The van der Waals surface area contributed by atoms with Crippen molar-refractivity contribution in [3.8, 4) is 5.75 Å². The summed E-state index contributed by atoms with van der Waals surface area (Å²) in [4.78, 5) is 30.1. The van der Waals surface area contributed by atoms with E-state index in [0.29, 0.717) is 57.7 Å². The maximum atomic E-state index is 14.5. The van der Waals surface area contributed by atoms with Crippen LogP contribution in [-0.4, -0.2) is 72.3 Å². The van der Waals surface area contributed by atoms with Crippen molar-refractivity contribution in [1.29, 1.82) is 0 Å². The lowest BCUT2D eigenvalue weighted by Gasteiger charge is -2.35. The minimum absolute atomic E-state index is 0.116. The summed E-state index contributed by atoms with van der Waals surface area (Å²) < 4.78 is 20.7. The molecule has 2 heterocycles. The molecular formula is C25H31FN4O3. The zero-order valence-electron chi connectivity index (χ0n) is 18.8. The average Bonchev–Trinajstić information content (AvgIpc) is 3.01. The van der Waals surface area contributed by atoms with Crippen molar-refractivity contribution in [2.45, 2.75) is 25.5 Å². The number of halogens is 1. The van der Waals surface area contributed by atoms with Gasteiger partial charge in [0.05, 0.1) is 0 Å². The lowest BCUT2D eigenvalue weighted by molar-refractivity contribution is -0.133. The molecule has 2 N–H and O–H groups in total. The topological polar surface area (TPSA) is 79.1 Å². The van der Waals surface area contributed by atoms with Gasteiger partial charge in [-0.2, -0.15) is 0 Å². The highest BCUT2D eigenvalue weighted by atomic mass is 19.1. The fourth-order valence-electron chi connectivity index (χ4n) is 4.45. The summed E-state index contributed by atoms with van der Waals surface area (Å²) in [5.41, 5.74) is 6.79. The number of para-hydroxylation sites is 1. The van der Waals surface area contributed by atoms with Gasteiger partial charge in [-0.1, -0.05) is 36.4 Å². The third-order valence-electron chi connectivity index (χ3n) is 6.35. The van der Waals surface area contributed by atoms with Gasteiger partial charge in [-0.25, -0.2) is 4.39 Å². The molecule has 0 bridgehead atoms. The molecule has 4 rings (SSSR count). The Hall–Kier alpha value is -2.97. The quantitative estimate of drug-likeness (QED) is 0.694. The molecule has 0 radical (unpaired) electrons. The number of fused-ring (bicyclic) bond motifs is 1. The van der Waals surface area contributed by atoms with Gasteiger partial charge in [0.25, 0.3) is 0 Å². The highest BCUT2D eigenvalue weighted by Crippen LogP contribution is 2.32. The molecule has 2 aromatic rings. The molecule has 2 amide bonds. The minimum atomic E-state index is -0.446. The Balaban J connectivity index is 1.36. The standard InChI is InChI=1S/C25H31FN4O3/c26-21-7-3-2-6-20(21)23-18-29(17-19-5-1-4-8-22(19)33-23)12-10-25(32)30-15-13-28(14-16-30)11-9-24(27)31/h1-8,23H,9-18H2,(H2,27,31). The molecule has 2 aliphatic heterocycles. The first-order valence-corrected chi connectivity index (χ1v) is 11.5. The van der Waals surface area contributed by atoms with Gasteiger partial charge in [-0.15, -0.1) is 0 Å². The molecule has 2 aliphatic rings. The molecule has 0 spiro atoms. The Morgan fingerprint density at radius 3 is 2.39 bits per heavy atom. The van der Waals surface area contributed by atoms with Crippen LogP contribution in [0.3, 0.4) is 0 Å². The highest BCUT2D eigenvalue weighted by Gasteiger charge is 2.27. The van der Waals surface area contributed by atoms with Crippen LogP contribution in [0.2, 0.25) is 0 Å². The molecule has 176 valence electrons. The van der Waals surface area contributed by atoms with Gasteiger partial charge < -0.3 is 15.4 Å². The predicted molar refractivity (Wildman–Crippen MR) is 123 cm³/mol. The predicted octanol–water partition coefficient (Wildman–Crippen LogP) is 2.17. The van der Waals surface area contributed by atoms with E-state index >= 15 is 0 Å². The average molecular weight is 455 g/mol. The molecule has 1 fully saturated rings. The molecule has 7 nitrogen and oxygen atoms in total. The van der Waals surface area contributed by atoms with Crippen molar-refractivity contribution >= 4 is 11.8 Å². The zero-order valence-corrected chi connectivity index (χ0v) is 18.8. The Morgan fingerprint density at radius 1 is 0.939 bits per heavy atom. The summed E-state index contributed by atoms with van der Waals surface area (Å²) in [5, 5.41) is 0. The maximum absolute atomic E-state index is 14.5. The highest BCUT2D eigenvalue weighted by molar-refractivity contribution is 5.76. The van der Waals surface area contributed by atoms with Gasteiger partial charge in [0, 0.05) is 76.3 Å². The van der Waals surface area contributed by atoms with Crippen LogP contribution >= 0.6 is 0 Å². The number of carbonyl (C=O) groups excluding carboxylic acids is 2. The Bertz CT molecular complexity index is 978. The third-order valence-corrected chi connectivity index (χ3v) is 6.35. The van der Waals surface area contributed by atoms with E-state index in [9.17, 15) is 14.0 Å². The van der Waals surface area contributed by atoms with Crippen molar-refractivity contribution in [3.63, 3.8) is 0 Å². The fourth-order valence-corrected chi connectivity index (χ4v) is 4.45. The first-order chi connectivity index (χ1) is 16.0. The molecule has 33 heavy (non-hydrogen) atoms. The van der Waals surface area contributed by atoms with E-state index in [-0.39, 0.29) is 17.6 Å². The third kappa shape index (κ3) is 6.09. The summed E-state index contributed by atoms with van der Waals surface area (Å²) in [6, 6.07) is 14.5. The van der Waals surface area contributed by atoms with E-state index in [4.69, 9.17) is 10.5 Å². The maximum Gasteiger partial charge on any atom is 0.223 e. The molecule has 1 saturated heterocycles. The lowest BCUT2D eigenvalue weighted by Crippen LogP contribution is -2.49. The van der Waals surface area contributed by atoms with Crippen LogP contribution in [0.25, 0.3) is 0 Å². The first-order valence-electron chi connectivity index (χ1n) is 11.5. The van der Waals surface area contributed by atoms with Crippen LogP contribution in [-0.2, 0) is 16.1 Å². The van der Waals surface area contributed by atoms with E-state index in [0.717, 1.165) is 24.4 Å². The van der Waals surface area contributed by atoms with Crippen LogP contribution < -0.4 is 10.5 Å². The van der Waals surface area contributed by atoms with E-state index in [2.05, 4.69) is 9.80 Å². The number of rotatable bonds is 7. The zero-order chi connectivity index (χ0) is 23.2. The van der Waals surface area contributed by atoms with Crippen molar-refractivity contribution in [2.75, 3.05) is 45.8 Å². The van der Waals surface area contributed by atoms with Gasteiger partial charge in [-0.05, 0) is 12.1 Å². The Kier molecular flexibility index (Phi) is 7.57. The second-order valence-corrected chi connectivity index (χ2v) is 8.66. The van der Waals surface area contributed by atoms with E-state index in [1.54, 1.807) is 12.1 Å². The molecule has 2 aromatic carbocycles. The van der Waals surface area contributed by atoms with Crippen LogP contribution in [0, 0.1) is 5.82 Å². The van der Waals surface area contributed by atoms with Gasteiger partial charge in [-0.3, -0.25) is 19.4 Å². The lowest BCUT2D eigenvalue weighted by atomic mass is 10.1. The SMILES string of the molecule is NC(=O)CCN1CCN(C(=O)CCN2Cc3ccccc3OC(c3ccccc3F)C2)CC1. The Morgan fingerprint density at radius 2 is 1.64 bits per heavy atom.